The second-order valence-electron chi connectivity index (χ2n) is 0.329. The van der Waals surface area contributed by atoms with Gasteiger partial charge in [0.1, 0.15) is 0 Å². The molecule has 0 nitrogen and oxygen atoms in total. The SMILES string of the molecule is [B][B]B=S. The Hall–Kier alpha value is 0.415. The molecule has 15 valence electrons. The molecule has 0 unspecified atom stereocenters. The van der Waals surface area contributed by atoms with E-state index in [9.17, 15) is 0 Å². The molecule has 3 radical (unpaired) electrons. The van der Waals surface area contributed by atoms with Crippen molar-refractivity contribution in [2.45, 2.75) is 0 Å². The van der Waals surface area contributed by atoms with Gasteiger partial charge in [0.15, 0.2) is 0 Å². The molecule has 0 fully saturated rings. The van der Waals surface area contributed by atoms with Gasteiger partial charge in [0, 0.05) is 0 Å². The monoisotopic (exact) mass is 65.0 g/mol. The van der Waals surface area contributed by atoms with Crippen molar-refractivity contribution in [2.24, 2.45) is 0 Å². The molecule has 0 aromatic rings. The van der Waals surface area contributed by atoms with Crippen LogP contribution >= 0.6 is 12.1 Å². The second kappa shape index (κ2) is 3.41. The van der Waals surface area contributed by atoms with Crippen LogP contribution in [0.4, 0.5) is 0 Å². The minimum atomic E-state index is 1.31. The van der Waals surface area contributed by atoms with Crippen LogP contribution in [0, 0.1) is 0 Å². The Kier molecular flexibility index (Phi) is 3.77. The van der Waals surface area contributed by atoms with E-state index in [-0.39, 0.29) is 0 Å². The van der Waals surface area contributed by atoms with Crippen LogP contribution in [0.25, 0.3) is 0 Å². The molecule has 0 aliphatic carbocycles. The van der Waals surface area contributed by atoms with Crippen molar-refractivity contribution in [2.75, 3.05) is 0 Å². The molecule has 0 atom stereocenters. The first kappa shape index (κ1) is 4.41. The summed E-state index contributed by atoms with van der Waals surface area (Å²) in [7, 11) is 6.06. The molecule has 0 rings (SSSR count). The third-order valence-corrected chi connectivity index (χ3v) is 0.236. The van der Waals surface area contributed by atoms with E-state index in [1.807, 2.05) is 0 Å². The minimum absolute atomic E-state index is 1.31. The van der Waals surface area contributed by atoms with Gasteiger partial charge in [-0.1, -0.05) is 0 Å². The molecule has 0 amide bonds. The molecule has 4 heavy (non-hydrogen) atoms. The fourth-order valence-corrected chi connectivity index (χ4v) is 0. The summed E-state index contributed by atoms with van der Waals surface area (Å²) in [6.45, 7) is 0. The zero-order valence-electron chi connectivity index (χ0n) is 2.14. The zero-order chi connectivity index (χ0) is 3.41. The Morgan fingerprint density at radius 2 is 2.00 bits per heavy atom. The third kappa shape index (κ3) is 2.41. The predicted octanol–water partition coefficient (Wildman–Crippen LogP) is -0.494. The van der Waals surface area contributed by atoms with Gasteiger partial charge in [-0.25, -0.2) is 0 Å². The fourth-order valence-electron chi connectivity index (χ4n) is 0. The Labute approximate surface area is 33.7 Å². The standard InChI is InChI=1S/B3S/c1-2-3-4. The molecule has 4 heteroatoms. The fraction of sp³-hybridized carbons (Fsp3) is 0. The molecule has 0 saturated carbocycles. The van der Waals surface area contributed by atoms with E-state index in [1.54, 1.807) is 0 Å². The topological polar surface area (TPSA) is 0 Å². The van der Waals surface area contributed by atoms with Crippen molar-refractivity contribution in [3.05, 3.63) is 0 Å². The van der Waals surface area contributed by atoms with Gasteiger partial charge in [-0.2, -0.15) is 0 Å². The maximum absolute atomic E-state index is 4.74. The molecule has 0 aliphatic heterocycles. The molecule has 0 aliphatic rings. The molecule has 0 aromatic heterocycles. The normalized spacial score (nSPS) is 4.00. The number of rotatable bonds is 1. The molecule has 0 saturated heterocycles. The van der Waals surface area contributed by atoms with Crippen molar-refractivity contribution in [1.29, 1.82) is 0 Å². The van der Waals surface area contributed by atoms with Gasteiger partial charge < -0.3 is 0 Å². The van der Waals surface area contributed by atoms with E-state index >= 15 is 0 Å². The van der Waals surface area contributed by atoms with Gasteiger partial charge in [0.25, 0.3) is 0 Å². The van der Waals surface area contributed by atoms with Gasteiger partial charge in [-0.15, -0.1) is 0 Å². The number of hydrogen-bond donors (Lipinski definition) is 0. The van der Waals surface area contributed by atoms with Gasteiger partial charge in [0.2, 0.25) is 0 Å². The average molecular weight is 64.5 g/mol. The van der Waals surface area contributed by atoms with Crippen molar-refractivity contribution in [1.82, 2.24) is 0 Å². The maximum atomic E-state index is 4.74. The van der Waals surface area contributed by atoms with E-state index in [2.05, 4.69) is 12.1 Å². The van der Waals surface area contributed by atoms with Crippen LogP contribution in [-0.2, 0) is 0 Å². The number of hydrogen-bond acceptors (Lipinski definition) is 1. The van der Waals surface area contributed by atoms with E-state index in [4.69, 9.17) is 7.74 Å². The molecular weight excluding hydrogens is 64.5 g/mol. The van der Waals surface area contributed by atoms with Crippen molar-refractivity contribution >= 4 is 32.9 Å². The average Bonchev–Trinajstić information content (AvgIpc) is 1.37. The summed E-state index contributed by atoms with van der Waals surface area (Å²) in [6, 6.07) is 1.36. The van der Waals surface area contributed by atoms with Crippen LogP contribution in [0.5, 0.6) is 0 Å². The molecule has 0 N–H and O–H groups in total. The van der Waals surface area contributed by atoms with Gasteiger partial charge in [0.05, 0.1) is 0 Å². The summed E-state index contributed by atoms with van der Waals surface area (Å²) in [6.07, 6.45) is 0. The Bertz CT molecular complexity index is 17.2. The van der Waals surface area contributed by atoms with Crippen LogP contribution in [0.15, 0.2) is 0 Å². The molecule has 0 bridgehead atoms. The quantitative estimate of drug-likeness (QED) is 0.371. The summed E-state index contributed by atoms with van der Waals surface area (Å²) in [5.74, 6) is 0. The van der Waals surface area contributed by atoms with Crippen molar-refractivity contribution in [3.63, 3.8) is 0 Å². The van der Waals surface area contributed by atoms with Gasteiger partial charge in [-0.05, 0) is 0 Å². The summed E-state index contributed by atoms with van der Waals surface area (Å²) in [5.41, 5.74) is 0. The summed E-state index contributed by atoms with van der Waals surface area (Å²) >= 11 is 4.25. The first-order valence-electron chi connectivity index (χ1n) is 0.902. The van der Waals surface area contributed by atoms with Crippen molar-refractivity contribution in [3.8, 4) is 0 Å². The van der Waals surface area contributed by atoms with E-state index in [1.165, 1.54) is 13.1 Å². The molecular formula is B3S. The van der Waals surface area contributed by atoms with Gasteiger partial charge in [-0.3, -0.25) is 0 Å². The van der Waals surface area contributed by atoms with Crippen molar-refractivity contribution < 1.29 is 0 Å². The first-order chi connectivity index (χ1) is 1.91. The third-order valence-electron chi connectivity index (χ3n) is 0.0786. The Morgan fingerprint density at radius 3 is 2.00 bits per heavy atom. The summed E-state index contributed by atoms with van der Waals surface area (Å²) < 4.78 is 0. The van der Waals surface area contributed by atoms with E-state index in [0.717, 1.165) is 0 Å². The van der Waals surface area contributed by atoms with Crippen LogP contribution < -0.4 is 0 Å². The molecule has 0 aromatic carbocycles. The molecule has 0 spiro atoms. The van der Waals surface area contributed by atoms with Gasteiger partial charge >= 0.3 is 32.9 Å². The van der Waals surface area contributed by atoms with Crippen LogP contribution in [0.3, 0.4) is 0 Å². The van der Waals surface area contributed by atoms with Crippen LogP contribution in [0.2, 0.25) is 0 Å². The predicted molar refractivity (Wildman–Crippen MR) is 24.9 cm³/mol. The summed E-state index contributed by atoms with van der Waals surface area (Å²) in [4.78, 5) is 0. The van der Waals surface area contributed by atoms with Crippen LogP contribution in [0.1, 0.15) is 0 Å². The van der Waals surface area contributed by atoms with E-state index < -0.39 is 0 Å². The summed E-state index contributed by atoms with van der Waals surface area (Å²) in [5, 5.41) is 0. The first-order valence-corrected chi connectivity index (χ1v) is 1.37. The van der Waals surface area contributed by atoms with E-state index in [0.29, 0.717) is 0 Å². The molecule has 0 heterocycles. The Balaban J connectivity index is 2.30. The second-order valence-corrected chi connectivity index (χ2v) is 0.601. The zero-order valence-corrected chi connectivity index (χ0v) is 2.96. The Morgan fingerprint density at radius 1 is 1.75 bits per heavy atom. The van der Waals surface area contributed by atoms with Crippen LogP contribution in [-0.4, -0.2) is 20.8 Å².